The number of carbonyl (C=O) groups is 1. The number of aliphatic hydroxyl groups is 1. The number of H-pyrrole nitrogens is 1. The number of nitrogens with zero attached hydrogens (tertiary/aromatic N) is 2. The molecule has 0 spiro atoms. The van der Waals surface area contributed by atoms with Gasteiger partial charge in [0.25, 0.3) is 0 Å². The first-order valence-electron chi connectivity index (χ1n) is 8.56. The molecule has 1 amide bonds. The summed E-state index contributed by atoms with van der Waals surface area (Å²) in [6.45, 7) is 6.83. The van der Waals surface area contributed by atoms with Gasteiger partial charge in [-0.15, -0.1) is 0 Å². The Hall–Kier alpha value is -2.34. The lowest BCUT2D eigenvalue weighted by Gasteiger charge is -2.23. The highest BCUT2D eigenvalue weighted by Gasteiger charge is 2.39. The molecule has 1 aliphatic rings. The van der Waals surface area contributed by atoms with Gasteiger partial charge in [-0.1, -0.05) is 12.1 Å². The summed E-state index contributed by atoms with van der Waals surface area (Å²) in [5, 5.41) is 17.8. The second-order valence-corrected chi connectivity index (χ2v) is 6.98. The molecule has 6 nitrogen and oxygen atoms in total. The van der Waals surface area contributed by atoms with Gasteiger partial charge in [0.2, 0.25) is 5.91 Å². The first-order valence-corrected chi connectivity index (χ1v) is 8.56. The van der Waals surface area contributed by atoms with Crippen LogP contribution in [-0.4, -0.2) is 51.4 Å². The van der Waals surface area contributed by atoms with Crippen molar-refractivity contribution in [1.29, 1.82) is 0 Å². The molecule has 1 fully saturated rings. The van der Waals surface area contributed by atoms with Gasteiger partial charge in [0.1, 0.15) is 18.0 Å². The van der Waals surface area contributed by atoms with E-state index in [2.05, 4.69) is 10.2 Å². The number of benzene rings is 1. The fraction of sp³-hybridized carbons (Fsp3) is 0.474. The molecular formula is C19H25N3O3. The molecule has 1 aromatic heterocycles. The van der Waals surface area contributed by atoms with Crippen LogP contribution in [0.5, 0.6) is 5.75 Å². The number of carbonyl (C=O) groups excluding carboxylic acids is 1. The normalized spacial score (nSPS) is 20.1. The Morgan fingerprint density at radius 3 is 2.88 bits per heavy atom. The van der Waals surface area contributed by atoms with E-state index >= 15 is 0 Å². The minimum absolute atomic E-state index is 0.0130. The van der Waals surface area contributed by atoms with Crippen molar-refractivity contribution < 1.29 is 14.6 Å². The lowest BCUT2D eigenvalue weighted by atomic mass is 10.1. The summed E-state index contributed by atoms with van der Waals surface area (Å²) in [5.74, 6) is 0.752. The molecule has 1 aliphatic heterocycles. The zero-order valence-corrected chi connectivity index (χ0v) is 15.0. The van der Waals surface area contributed by atoms with E-state index in [9.17, 15) is 9.90 Å². The van der Waals surface area contributed by atoms with Gasteiger partial charge in [-0.25, -0.2) is 0 Å². The van der Waals surface area contributed by atoms with Crippen molar-refractivity contribution in [2.75, 3.05) is 19.7 Å². The van der Waals surface area contributed by atoms with Gasteiger partial charge >= 0.3 is 0 Å². The Morgan fingerprint density at radius 1 is 1.40 bits per heavy atom. The van der Waals surface area contributed by atoms with Crippen LogP contribution in [0.4, 0.5) is 0 Å². The third-order valence-corrected chi connectivity index (χ3v) is 4.79. The molecule has 1 aromatic carbocycles. The van der Waals surface area contributed by atoms with Crippen molar-refractivity contribution in [3.05, 3.63) is 46.8 Å². The highest BCUT2D eigenvalue weighted by molar-refractivity contribution is 5.79. The Morgan fingerprint density at radius 2 is 2.20 bits per heavy atom. The molecule has 2 aromatic rings. The van der Waals surface area contributed by atoms with Crippen LogP contribution in [0.1, 0.15) is 28.9 Å². The van der Waals surface area contributed by atoms with Crippen molar-refractivity contribution >= 4 is 5.91 Å². The number of amides is 1. The molecule has 0 radical (unpaired) electrons. The van der Waals surface area contributed by atoms with E-state index in [0.29, 0.717) is 25.9 Å². The van der Waals surface area contributed by atoms with E-state index in [-0.39, 0.29) is 12.5 Å². The smallest absolute Gasteiger partial charge is 0.227 e. The molecule has 2 heterocycles. The monoisotopic (exact) mass is 343 g/mol. The van der Waals surface area contributed by atoms with E-state index in [0.717, 1.165) is 28.3 Å². The number of aromatic nitrogens is 2. The molecule has 1 saturated heterocycles. The van der Waals surface area contributed by atoms with E-state index < -0.39 is 5.60 Å². The third kappa shape index (κ3) is 4.02. The summed E-state index contributed by atoms with van der Waals surface area (Å²) < 4.78 is 5.74. The summed E-state index contributed by atoms with van der Waals surface area (Å²) in [6, 6.07) is 7.73. The molecule has 3 rings (SSSR count). The summed E-state index contributed by atoms with van der Waals surface area (Å²) in [4.78, 5) is 14.3. The van der Waals surface area contributed by atoms with Gasteiger partial charge < -0.3 is 14.7 Å². The van der Waals surface area contributed by atoms with Gasteiger partial charge in [-0.2, -0.15) is 5.10 Å². The fourth-order valence-corrected chi connectivity index (χ4v) is 3.21. The summed E-state index contributed by atoms with van der Waals surface area (Å²) in [6.07, 6.45) is 0.830. The molecule has 0 saturated carbocycles. The summed E-state index contributed by atoms with van der Waals surface area (Å²) >= 11 is 0. The number of aryl methyl sites for hydroxylation is 3. The SMILES string of the molecule is Cc1cccc(OCC2(O)CCN(C(=O)Cc3c(C)n[nH]c3C)C2)c1. The molecular weight excluding hydrogens is 318 g/mol. The minimum atomic E-state index is -1.00. The maximum absolute atomic E-state index is 12.6. The molecule has 1 unspecified atom stereocenters. The summed E-state index contributed by atoms with van der Waals surface area (Å²) in [5.41, 5.74) is 2.82. The quantitative estimate of drug-likeness (QED) is 0.869. The highest BCUT2D eigenvalue weighted by atomic mass is 16.5. The van der Waals surface area contributed by atoms with Crippen molar-refractivity contribution in [1.82, 2.24) is 15.1 Å². The van der Waals surface area contributed by atoms with Gasteiger partial charge in [-0.05, 0) is 44.9 Å². The summed E-state index contributed by atoms with van der Waals surface area (Å²) in [7, 11) is 0. The fourth-order valence-electron chi connectivity index (χ4n) is 3.21. The van der Waals surface area contributed by atoms with Crippen molar-refractivity contribution in [2.45, 2.75) is 39.2 Å². The van der Waals surface area contributed by atoms with Crippen molar-refractivity contribution in [3.8, 4) is 5.75 Å². The van der Waals surface area contributed by atoms with Gasteiger partial charge in [0, 0.05) is 17.8 Å². The Balaban J connectivity index is 1.57. The number of β-amino-alcohol motifs (C(OH)–C–C–N with tert-alkyl or cyclic N) is 1. The topological polar surface area (TPSA) is 78.5 Å². The minimum Gasteiger partial charge on any atom is -0.491 e. The molecule has 6 heteroatoms. The van der Waals surface area contributed by atoms with Crippen molar-refractivity contribution in [3.63, 3.8) is 0 Å². The lowest BCUT2D eigenvalue weighted by Crippen LogP contribution is -2.41. The van der Waals surface area contributed by atoms with Crippen LogP contribution in [0.25, 0.3) is 0 Å². The number of hydrogen-bond donors (Lipinski definition) is 2. The number of hydrogen-bond acceptors (Lipinski definition) is 4. The molecule has 0 bridgehead atoms. The first-order chi connectivity index (χ1) is 11.9. The number of likely N-dealkylation sites (tertiary alicyclic amines) is 1. The number of ether oxygens (including phenoxy) is 1. The average Bonchev–Trinajstić information content (AvgIpc) is 3.11. The Labute approximate surface area is 147 Å². The second kappa shape index (κ2) is 6.88. The van der Waals surface area contributed by atoms with E-state index in [1.54, 1.807) is 4.90 Å². The van der Waals surface area contributed by atoms with Crippen LogP contribution in [-0.2, 0) is 11.2 Å². The van der Waals surface area contributed by atoms with E-state index in [1.807, 2.05) is 45.0 Å². The number of nitrogens with one attached hydrogen (secondary N) is 1. The van der Waals surface area contributed by atoms with Gasteiger partial charge in [0.15, 0.2) is 0 Å². The van der Waals surface area contributed by atoms with Crippen LogP contribution in [0.3, 0.4) is 0 Å². The predicted molar refractivity (Wildman–Crippen MR) is 94.6 cm³/mol. The Kier molecular flexibility index (Phi) is 4.81. The number of rotatable bonds is 5. The molecule has 25 heavy (non-hydrogen) atoms. The van der Waals surface area contributed by atoms with Crippen LogP contribution < -0.4 is 4.74 Å². The predicted octanol–water partition coefficient (Wildman–Crippen LogP) is 1.92. The second-order valence-electron chi connectivity index (χ2n) is 6.98. The Bertz CT molecular complexity index is 752. The standard InChI is InChI=1S/C19H25N3O3/c1-13-5-4-6-16(9-13)25-12-19(24)7-8-22(11-19)18(23)10-17-14(2)20-21-15(17)3/h4-6,9,24H,7-8,10-12H2,1-3H3,(H,20,21). The number of aromatic amines is 1. The van der Waals surface area contributed by atoms with Crippen LogP contribution in [0.2, 0.25) is 0 Å². The third-order valence-electron chi connectivity index (χ3n) is 4.79. The maximum atomic E-state index is 12.6. The first kappa shape index (κ1) is 17.5. The molecule has 134 valence electrons. The van der Waals surface area contributed by atoms with E-state index in [4.69, 9.17) is 4.74 Å². The van der Waals surface area contributed by atoms with E-state index in [1.165, 1.54) is 0 Å². The van der Waals surface area contributed by atoms with Gasteiger partial charge in [0.05, 0.1) is 18.7 Å². The lowest BCUT2D eigenvalue weighted by molar-refractivity contribution is -0.130. The average molecular weight is 343 g/mol. The zero-order chi connectivity index (χ0) is 18.0. The zero-order valence-electron chi connectivity index (χ0n) is 15.0. The largest absolute Gasteiger partial charge is 0.491 e. The molecule has 2 N–H and O–H groups in total. The van der Waals surface area contributed by atoms with Crippen molar-refractivity contribution in [2.24, 2.45) is 0 Å². The van der Waals surface area contributed by atoms with Crippen LogP contribution >= 0.6 is 0 Å². The van der Waals surface area contributed by atoms with Gasteiger partial charge in [-0.3, -0.25) is 9.89 Å². The van der Waals surface area contributed by atoms with Crippen LogP contribution in [0.15, 0.2) is 24.3 Å². The van der Waals surface area contributed by atoms with Crippen LogP contribution in [0, 0.1) is 20.8 Å². The highest BCUT2D eigenvalue weighted by Crippen LogP contribution is 2.24. The maximum Gasteiger partial charge on any atom is 0.227 e. The molecule has 0 aliphatic carbocycles. The molecule has 1 atom stereocenters.